The van der Waals surface area contributed by atoms with Crippen molar-refractivity contribution in [1.82, 2.24) is 4.90 Å². The van der Waals surface area contributed by atoms with Crippen LogP contribution >= 0.6 is 0 Å². The summed E-state index contributed by atoms with van der Waals surface area (Å²) in [6.45, 7) is 7.14. The van der Waals surface area contributed by atoms with Crippen molar-refractivity contribution in [1.29, 1.82) is 0 Å². The first-order valence-electron chi connectivity index (χ1n) is 10.2. The number of rotatable bonds is 3. The number of likely N-dealkylation sites (tertiary alicyclic amines) is 1. The van der Waals surface area contributed by atoms with Gasteiger partial charge in [-0.05, 0) is 49.0 Å². The summed E-state index contributed by atoms with van der Waals surface area (Å²) in [5.74, 6) is -0.286. The molecule has 1 saturated heterocycles. The molecule has 27 heavy (non-hydrogen) atoms. The number of nitrogens with zero attached hydrogens (tertiary/aromatic N) is 1. The fourth-order valence-electron chi connectivity index (χ4n) is 5.80. The normalized spacial score (nSPS) is 32.9. The first kappa shape index (κ1) is 18.4. The van der Waals surface area contributed by atoms with Crippen molar-refractivity contribution in [3.05, 3.63) is 35.9 Å². The van der Waals surface area contributed by atoms with Gasteiger partial charge in [-0.3, -0.25) is 14.4 Å². The number of hydrogen-bond donors (Lipinski definition) is 0. The van der Waals surface area contributed by atoms with Gasteiger partial charge in [-0.25, -0.2) is 0 Å². The third-order valence-corrected chi connectivity index (χ3v) is 8.18. The summed E-state index contributed by atoms with van der Waals surface area (Å²) in [7, 11) is 0. The monoisotopic (exact) mass is 367 g/mol. The first-order chi connectivity index (χ1) is 12.7. The molecule has 0 radical (unpaired) electrons. The SMILES string of the molecule is CC1(C)[C@@]2(C(=O)N3CCC(Cc4ccccc4)CC3)CC[C@@]1(C)C(=O)C2=O. The summed E-state index contributed by atoms with van der Waals surface area (Å²) in [4.78, 5) is 40.9. The molecule has 2 saturated carbocycles. The molecule has 1 amide bonds. The lowest BCUT2D eigenvalue weighted by atomic mass is 9.64. The maximum Gasteiger partial charge on any atom is 0.237 e. The molecular formula is C23H29NO3. The molecule has 4 nitrogen and oxygen atoms in total. The predicted molar refractivity (Wildman–Crippen MR) is 103 cm³/mol. The Hall–Kier alpha value is -1.97. The van der Waals surface area contributed by atoms with Crippen molar-refractivity contribution in [3.63, 3.8) is 0 Å². The number of fused-ring (bicyclic) bond motifs is 2. The Morgan fingerprint density at radius 2 is 1.63 bits per heavy atom. The van der Waals surface area contributed by atoms with E-state index < -0.39 is 22.0 Å². The van der Waals surface area contributed by atoms with Crippen LogP contribution in [0.2, 0.25) is 0 Å². The third kappa shape index (κ3) is 2.31. The minimum atomic E-state index is -1.13. The zero-order chi connectivity index (χ0) is 19.4. The van der Waals surface area contributed by atoms with Crippen LogP contribution in [0.15, 0.2) is 30.3 Å². The second-order valence-electron chi connectivity index (χ2n) is 9.45. The average Bonchev–Trinajstić information content (AvgIpc) is 2.94. The van der Waals surface area contributed by atoms with E-state index in [0.29, 0.717) is 31.8 Å². The van der Waals surface area contributed by atoms with E-state index >= 15 is 0 Å². The van der Waals surface area contributed by atoms with Gasteiger partial charge < -0.3 is 4.90 Å². The van der Waals surface area contributed by atoms with E-state index in [4.69, 9.17) is 0 Å². The van der Waals surface area contributed by atoms with Gasteiger partial charge in [0, 0.05) is 18.5 Å². The zero-order valence-electron chi connectivity index (χ0n) is 16.6. The molecule has 0 N–H and O–H groups in total. The van der Waals surface area contributed by atoms with Gasteiger partial charge in [-0.1, -0.05) is 51.1 Å². The first-order valence-corrected chi connectivity index (χ1v) is 10.2. The van der Waals surface area contributed by atoms with Gasteiger partial charge in [-0.15, -0.1) is 0 Å². The molecule has 0 aromatic heterocycles. The number of carbonyl (C=O) groups is 3. The molecule has 4 heteroatoms. The molecule has 1 aliphatic heterocycles. The van der Waals surface area contributed by atoms with Crippen LogP contribution in [0.25, 0.3) is 0 Å². The highest BCUT2D eigenvalue weighted by molar-refractivity contribution is 6.48. The molecular weight excluding hydrogens is 338 g/mol. The van der Waals surface area contributed by atoms with E-state index in [9.17, 15) is 14.4 Å². The lowest BCUT2D eigenvalue weighted by Crippen LogP contribution is -2.54. The Morgan fingerprint density at radius 1 is 1.00 bits per heavy atom. The zero-order valence-corrected chi connectivity index (χ0v) is 16.6. The van der Waals surface area contributed by atoms with E-state index in [2.05, 4.69) is 24.3 Å². The number of amides is 1. The van der Waals surface area contributed by atoms with E-state index in [1.807, 2.05) is 31.7 Å². The average molecular weight is 367 g/mol. The van der Waals surface area contributed by atoms with Crippen molar-refractivity contribution in [2.24, 2.45) is 22.2 Å². The molecule has 2 bridgehead atoms. The summed E-state index contributed by atoms with van der Waals surface area (Å²) in [5.41, 5.74) is -1.09. The summed E-state index contributed by atoms with van der Waals surface area (Å²) in [5, 5.41) is 0. The number of benzene rings is 1. The number of ketones is 2. The highest BCUT2D eigenvalue weighted by atomic mass is 16.2. The van der Waals surface area contributed by atoms with Gasteiger partial charge in [-0.2, -0.15) is 0 Å². The molecule has 3 fully saturated rings. The highest BCUT2D eigenvalue weighted by Gasteiger charge is 2.78. The van der Waals surface area contributed by atoms with Crippen molar-refractivity contribution >= 4 is 17.5 Å². The van der Waals surface area contributed by atoms with Crippen molar-refractivity contribution in [2.75, 3.05) is 13.1 Å². The standard InChI is InChI=1S/C23H29NO3/c1-21(2)22(3)11-12-23(21,19(26)18(22)25)20(27)24-13-9-17(10-14-24)15-16-7-5-4-6-8-16/h4-8,17H,9-15H2,1-3H3/t22-,23-/m0/s1. The lowest BCUT2D eigenvalue weighted by Gasteiger charge is -2.42. The molecule has 1 aromatic rings. The Balaban J connectivity index is 1.48. The molecule has 1 heterocycles. The molecule has 1 aromatic carbocycles. The number of carbonyl (C=O) groups excluding carboxylic acids is 3. The van der Waals surface area contributed by atoms with E-state index in [0.717, 1.165) is 19.3 Å². The minimum absolute atomic E-state index is 0.0924. The molecule has 0 unspecified atom stereocenters. The van der Waals surface area contributed by atoms with E-state index in [1.165, 1.54) is 5.56 Å². The predicted octanol–water partition coefficient (Wildman–Crippen LogP) is 3.43. The largest absolute Gasteiger partial charge is 0.342 e. The van der Waals surface area contributed by atoms with Gasteiger partial charge in [0.05, 0.1) is 0 Å². The Kier molecular flexibility index (Phi) is 4.10. The second-order valence-corrected chi connectivity index (χ2v) is 9.45. The Labute approximate surface area is 161 Å². The van der Waals surface area contributed by atoms with Crippen LogP contribution in [0.5, 0.6) is 0 Å². The smallest absolute Gasteiger partial charge is 0.237 e. The summed E-state index contributed by atoms with van der Waals surface area (Å²) < 4.78 is 0. The van der Waals surface area contributed by atoms with Crippen LogP contribution in [0, 0.1) is 22.2 Å². The molecule has 2 aliphatic carbocycles. The van der Waals surface area contributed by atoms with Gasteiger partial charge in [0.25, 0.3) is 0 Å². The van der Waals surface area contributed by atoms with Crippen LogP contribution < -0.4 is 0 Å². The number of hydrogen-bond acceptors (Lipinski definition) is 3. The van der Waals surface area contributed by atoms with Gasteiger partial charge >= 0.3 is 0 Å². The maximum atomic E-state index is 13.5. The van der Waals surface area contributed by atoms with Gasteiger partial charge in [0.2, 0.25) is 17.5 Å². The molecule has 0 spiro atoms. The van der Waals surface area contributed by atoms with Gasteiger partial charge in [0.15, 0.2) is 0 Å². The fourth-order valence-corrected chi connectivity index (χ4v) is 5.80. The van der Waals surface area contributed by atoms with Crippen LogP contribution in [0.3, 0.4) is 0 Å². The van der Waals surface area contributed by atoms with Gasteiger partial charge in [0.1, 0.15) is 5.41 Å². The van der Waals surface area contributed by atoms with Crippen LogP contribution in [-0.4, -0.2) is 35.5 Å². The quantitative estimate of drug-likeness (QED) is 0.607. The Morgan fingerprint density at radius 3 is 2.19 bits per heavy atom. The summed E-state index contributed by atoms with van der Waals surface area (Å²) in [6, 6.07) is 10.5. The molecule has 144 valence electrons. The third-order valence-electron chi connectivity index (χ3n) is 8.18. The van der Waals surface area contributed by atoms with Crippen molar-refractivity contribution < 1.29 is 14.4 Å². The number of piperidine rings is 1. The second kappa shape index (κ2) is 6.02. The topological polar surface area (TPSA) is 54.5 Å². The van der Waals surface area contributed by atoms with Crippen LogP contribution in [0.4, 0.5) is 0 Å². The van der Waals surface area contributed by atoms with E-state index in [1.54, 1.807) is 0 Å². The fraction of sp³-hybridized carbons (Fsp3) is 0.609. The Bertz CT molecular complexity index is 791. The van der Waals surface area contributed by atoms with Crippen molar-refractivity contribution in [3.8, 4) is 0 Å². The molecule has 4 rings (SSSR count). The highest BCUT2D eigenvalue weighted by Crippen LogP contribution is 2.69. The summed E-state index contributed by atoms with van der Waals surface area (Å²) in [6.07, 6.45) is 4.10. The van der Waals surface area contributed by atoms with Crippen LogP contribution in [0.1, 0.15) is 52.0 Å². The molecule has 2 atom stereocenters. The van der Waals surface area contributed by atoms with Crippen molar-refractivity contribution in [2.45, 2.75) is 52.9 Å². The molecule has 3 aliphatic rings. The number of Topliss-reactive ketones (excluding diaryl/α,β-unsaturated/α-hetero) is 2. The maximum absolute atomic E-state index is 13.5. The minimum Gasteiger partial charge on any atom is -0.342 e. The van der Waals surface area contributed by atoms with E-state index in [-0.39, 0.29) is 11.7 Å². The van der Waals surface area contributed by atoms with Crippen LogP contribution in [-0.2, 0) is 20.8 Å². The lowest BCUT2D eigenvalue weighted by molar-refractivity contribution is -0.156. The summed E-state index contributed by atoms with van der Waals surface area (Å²) >= 11 is 0.